The summed E-state index contributed by atoms with van der Waals surface area (Å²) < 4.78 is 2.15. The third-order valence-electron chi connectivity index (χ3n) is 8.72. The summed E-state index contributed by atoms with van der Waals surface area (Å²) in [6.07, 6.45) is 10.2. The number of aromatic amines is 1. The van der Waals surface area contributed by atoms with E-state index in [0.717, 1.165) is 47.8 Å². The minimum Gasteiger partial charge on any atom is -0.361 e. The van der Waals surface area contributed by atoms with Crippen LogP contribution in [0, 0.1) is 0 Å². The van der Waals surface area contributed by atoms with Gasteiger partial charge in [0.2, 0.25) is 5.91 Å². The number of amides is 1. The van der Waals surface area contributed by atoms with Gasteiger partial charge in [0.25, 0.3) is 0 Å². The van der Waals surface area contributed by atoms with Crippen LogP contribution in [0.4, 0.5) is 0 Å². The zero-order valence-electron chi connectivity index (χ0n) is 25.4. The number of allylic oxidation sites excluding steroid dienone is 1. The Kier molecular flexibility index (Phi) is 8.06. The van der Waals surface area contributed by atoms with E-state index in [4.69, 9.17) is 10.2 Å². The van der Waals surface area contributed by atoms with E-state index in [9.17, 15) is 4.79 Å². The number of carbonyl (C=O) groups is 1. The van der Waals surface area contributed by atoms with Gasteiger partial charge in [-0.2, -0.15) is 0 Å². The fourth-order valence-corrected chi connectivity index (χ4v) is 6.35. The molecule has 0 unspecified atom stereocenters. The molecule has 0 bridgehead atoms. The summed E-state index contributed by atoms with van der Waals surface area (Å²) in [5.74, 6) is 1.50. The third kappa shape index (κ3) is 6.07. The number of fused-ring (bicyclic) bond motifs is 2. The number of hydrogen-bond acceptors (Lipinski definition) is 4. The fourth-order valence-electron chi connectivity index (χ4n) is 6.35. The van der Waals surface area contributed by atoms with Crippen molar-refractivity contribution in [1.82, 2.24) is 30.0 Å². The largest absolute Gasteiger partial charge is 0.361 e. The van der Waals surface area contributed by atoms with Gasteiger partial charge in [-0.3, -0.25) is 14.3 Å². The van der Waals surface area contributed by atoms with Gasteiger partial charge in [-0.25, -0.2) is 0 Å². The van der Waals surface area contributed by atoms with Crippen LogP contribution >= 0.6 is 0 Å². The quantitative estimate of drug-likeness (QED) is 0.171. The van der Waals surface area contributed by atoms with Crippen molar-refractivity contribution in [3.05, 3.63) is 149 Å². The van der Waals surface area contributed by atoms with Crippen molar-refractivity contribution in [3.8, 4) is 5.69 Å². The smallest absolute Gasteiger partial charge is 0.226 e. The van der Waals surface area contributed by atoms with E-state index in [0.29, 0.717) is 12.8 Å². The SMILES string of the molecule is CCc1ccc(-n2c(CCc3c[nH]c4ccccc34)nnc2[C@@H](CC2=CCc3ccccc32)NC(=O)Cc2ccccn2)cc1. The van der Waals surface area contributed by atoms with Gasteiger partial charge in [0.05, 0.1) is 12.5 Å². The Balaban J connectivity index is 1.26. The molecule has 1 amide bonds. The molecule has 0 saturated carbocycles. The molecule has 7 rings (SSSR count). The Bertz CT molecular complexity index is 1970. The molecule has 3 aromatic heterocycles. The van der Waals surface area contributed by atoms with Crippen molar-refractivity contribution < 1.29 is 4.79 Å². The number of hydrogen-bond donors (Lipinski definition) is 2. The van der Waals surface area contributed by atoms with Crippen LogP contribution in [0.2, 0.25) is 0 Å². The van der Waals surface area contributed by atoms with Crippen LogP contribution in [0.1, 0.15) is 59.0 Å². The molecule has 7 heteroatoms. The Labute approximate surface area is 263 Å². The van der Waals surface area contributed by atoms with E-state index in [1.807, 2.05) is 24.3 Å². The summed E-state index contributed by atoms with van der Waals surface area (Å²) in [6, 6.07) is 30.7. The summed E-state index contributed by atoms with van der Waals surface area (Å²) in [5.41, 5.74) is 9.12. The Morgan fingerprint density at radius 2 is 1.76 bits per heavy atom. The van der Waals surface area contributed by atoms with Gasteiger partial charge in [-0.15, -0.1) is 10.2 Å². The number of aromatic nitrogens is 5. The summed E-state index contributed by atoms with van der Waals surface area (Å²) in [5, 5.41) is 14.1. The summed E-state index contributed by atoms with van der Waals surface area (Å²) >= 11 is 0. The molecule has 2 N–H and O–H groups in total. The minimum absolute atomic E-state index is 0.0956. The Hall–Kier alpha value is -5.30. The predicted octanol–water partition coefficient (Wildman–Crippen LogP) is 6.92. The average molecular weight is 593 g/mol. The summed E-state index contributed by atoms with van der Waals surface area (Å²) in [6.45, 7) is 2.16. The zero-order chi connectivity index (χ0) is 30.6. The van der Waals surface area contributed by atoms with Crippen LogP contribution in [0.25, 0.3) is 22.2 Å². The van der Waals surface area contributed by atoms with Gasteiger partial charge in [-0.05, 0) is 77.4 Å². The first-order valence-corrected chi connectivity index (χ1v) is 15.7. The monoisotopic (exact) mass is 592 g/mol. The molecule has 6 aromatic rings. The molecule has 1 atom stereocenters. The maximum absolute atomic E-state index is 13.5. The number of pyridine rings is 1. The molecule has 3 heterocycles. The van der Waals surface area contributed by atoms with Gasteiger partial charge in [0, 0.05) is 47.5 Å². The first kappa shape index (κ1) is 28.5. The van der Waals surface area contributed by atoms with Crippen LogP contribution in [0.5, 0.6) is 0 Å². The lowest BCUT2D eigenvalue weighted by Crippen LogP contribution is -2.32. The maximum Gasteiger partial charge on any atom is 0.226 e. The second-order valence-corrected chi connectivity index (χ2v) is 11.6. The zero-order valence-corrected chi connectivity index (χ0v) is 25.4. The van der Waals surface area contributed by atoms with E-state index >= 15 is 0 Å². The first-order chi connectivity index (χ1) is 22.2. The number of benzene rings is 3. The van der Waals surface area contributed by atoms with Crippen molar-refractivity contribution >= 4 is 22.4 Å². The third-order valence-corrected chi connectivity index (χ3v) is 8.72. The number of aryl methyl sites for hydroxylation is 3. The second-order valence-electron chi connectivity index (χ2n) is 11.6. The number of rotatable bonds is 11. The second kappa shape index (κ2) is 12.7. The Morgan fingerprint density at radius 3 is 2.60 bits per heavy atom. The normalized spacial score (nSPS) is 13.0. The lowest BCUT2D eigenvalue weighted by Gasteiger charge is -2.21. The number of carbonyl (C=O) groups excluding carboxylic acids is 1. The van der Waals surface area contributed by atoms with E-state index < -0.39 is 0 Å². The van der Waals surface area contributed by atoms with E-state index in [1.165, 1.54) is 33.2 Å². The molecule has 3 aromatic carbocycles. The van der Waals surface area contributed by atoms with Crippen LogP contribution in [0.3, 0.4) is 0 Å². The molecule has 224 valence electrons. The molecule has 0 aliphatic heterocycles. The standard InChI is InChI=1S/C38H36N6O/c1-2-26-14-19-31(20-15-26)44-36(21-18-29-25-40-34-13-6-5-12-33(29)34)42-43-38(44)35(41-37(45)24-30-10-7-8-22-39-30)23-28-17-16-27-9-3-4-11-32(27)28/h3-15,17,19-20,22,25,35,40H,2,16,18,21,23-24H2,1H3,(H,41,45)/t35-/m1/s1. The fraction of sp³-hybridized carbons (Fsp3) is 0.211. The molecule has 0 spiro atoms. The Morgan fingerprint density at radius 1 is 0.933 bits per heavy atom. The number of nitrogens with one attached hydrogen (secondary N) is 2. The van der Waals surface area contributed by atoms with Crippen molar-refractivity contribution in [1.29, 1.82) is 0 Å². The van der Waals surface area contributed by atoms with Crippen LogP contribution < -0.4 is 5.32 Å². The van der Waals surface area contributed by atoms with Crippen LogP contribution in [-0.2, 0) is 36.9 Å². The van der Waals surface area contributed by atoms with Gasteiger partial charge >= 0.3 is 0 Å². The van der Waals surface area contributed by atoms with Gasteiger partial charge in [0.1, 0.15) is 5.82 Å². The highest BCUT2D eigenvalue weighted by Gasteiger charge is 2.27. The van der Waals surface area contributed by atoms with Crippen LogP contribution in [-0.4, -0.2) is 30.6 Å². The highest BCUT2D eigenvalue weighted by Crippen LogP contribution is 2.35. The van der Waals surface area contributed by atoms with Crippen molar-refractivity contribution in [2.75, 3.05) is 0 Å². The molecule has 0 saturated heterocycles. The number of H-pyrrole nitrogens is 1. The lowest BCUT2D eigenvalue weighted by molar-refractivity contribution is -0.121. The minimum atomic E-state index is -0.390. The summed E-state index contributed by atoms with van der Waals surface area (Å²) in [7, 11) is 0. The highest BCUT2D eigenvalue weighted by atomic mass is 16.1. The van der Waals surface area contributed by atoms with Crippen molar-refractivity contribution in [2.24, 2.45) is 0 Å². The molecule has 1 aliphatic rings. The topological polar surface area (TPSA) is 88.5 Å². The van der Waals surface area contributed by atoms with Gasteiger partial charge < -0.3 is 10.3 Å². The van der Waals surface area contributed by atoms with Crippen LogP contribution in [0.15, 0.2) is 109 Å². The first-order valence-electron chi connectivity index (χ1n) is 15.7. The van der Waals surface area contributed by atoms with Gasteiger partial charge in [-0.1, -0.05) is 73.7 Å². The highest BCUT2D eigenvalue weighted by molar-refractivity contribution is 5.83. The molecule has 7 nitrogen and oxygen atoms in total. The number of para-hydroxylation sites is 1. The van der Waals surface area contributed by atoms with Crippen molar-refractivity contribution in [3.63, 3.8) is 0 Å². The lowest BCUT2D eigenvalue weighted by atomic mass is 9.98. The predicted molar refractivity (Wildman–Crippen MR) is 178 cm³/mol. The molecule has 1 aliphatic carbocycles. The van der Waals surface area contributed by atoms with Gasteiger partial charge in [0.15, 0.2) is 5.82 Å². The van der Waals surface area contributed by atoms with Crippen molar-refractivity contribution in [2.45, 2.75) is 51.5 Å². The van der Waals surface area contributed by atoms with E-state index in [-0.39, 0.29) is 18.4 Å². The molecular formula is C38H36N6O. The molecule has 0 radical (unpaired) electrons. The van der Waals surface area contributed by atoms with E-state index in [1.54, 1.807) is 6.20 Å². The maximum atomic E-state index is 13.5. The molecule has 45 heavy (non-hydrogen) atoms. The summed E-state index contributed by atoms with van der Waals surface area (Å²) in [4.78, 5) is 21.3. The molecular weight excluding hydrogens is 556 g/mol. The van der Waals surface area contributed by atoms with E-state index in [2.05, 4.69) is 106 Å². The average Bonchev–Trinajstić information content (AvgIpc) is 3.81. The number of nitrogens with zero attached hydrogens (tertiary/aromatic N) is 4. The molecule has 0 fully saturated rings.